The van der Waals surface area contributed by atoms with E-state index in [4.69, 9.17) is 36.8 Å². The van der Waals surface area contributed by atoms with E-state index in [1.807, 2.05) is 12.3 Å². The number of benzene rings is 2. The van der Waals surface area contributed by atoms with Gasteiger partial charge in [0.25, 0.3) is 5.91 Å². The van der Waals surface area contributed by atoms with Crippen molar-refractivity contribution >= 4 is 23.1 Å². The molecule has 0 spiro atoms. The van der Waals surface area contributed by atoms with Crippen LogP contribution in [-0.2, 0) is 13.0 Å². The van der Waals surface area contributed by atoms with Gasteiger partial charge in [0.2, 0.25) is 0 Å². The number of hydrogen-bond donors (Lipinski definition) is 1. The van der Waals surface area contributed by atoms with Crippen LogP contribution in [0, 0.1) is 49.4 Å². The van der Waals surface area contributed by atoms with Crippen LogP contribution in [0.4, 0.5) is 11.4 Å². The molecule has 2 fully saturated rings. The Morgan fingerprint density at radius 1 is 0.714 bits per heavy atom. The molecule has 0 unspecified atom stereocenters. The van der Waals surface area contributed by atoms with E-state index in [2.05, 4.69) is 74.6 Å². The molecule has 63 heavy (non-hydrogen) atoms. The maximum Gasteiger partial charge on any atom is 0.254 e. The van der Waals surface area contributed by atoms with Gasteiger partial charge in [0.05, 0.1) is 41.7 Å². The average Bonchev–Trinajstić information content (AvgIpc) is 3.99. The third kappa shape index (κ3) is 15.6. The molecule has 0 bridgehead atoms. The fourth-order valence-electron chi connectivity index (χ4n) is 7.47. The summed E-state index contributed by atoms with van der Waals surface area (Å²) in [6.45, 7) is 2.48. The lowest BCUT2D eigenvalue weighted by Gasteiger charge is -2.42. The molecular weight excluding hydrogens is 793 g/mol. The molecule has 16 nitrogen and oxygen atoms in total. The SMILES string of the molecule is C#CCCCC#C.C#CCCCc1cn(-c2cc(C(C)=O)cc(-n3cc(CNCC#C)nn3)c2)nn1.[N-]=[N+]=Nc1cc(N=[N+]=[N-])cc(C(=O)N(C2CCCCC2)C2CCCCC2)c1. The fraction of sp³-hybridized carbons (Fsp3) is 0.447. The number of carbonyl (C=O) groups is 2. The molecule has 2 aliphatic rings. The van der Waals surface area contributed by atoms with Crippen LogP contribution in [0.5, 0.6) is 0 Å². The van der Waals surface area contributed by atoms with Gasteiger partial charge in [-0.05, 0) is 99.3 Å². The molecule has 0 radical (unpaired) electrons. The Morgan fingerprint density at radius 2 is 1.22 bits per heavy atom. The van der Waals surface area contributed by atoms with Crippen molar-refractivity contribution in [2.75, 3.05) is 6.54 Å². The second kappa shape index (κ2) is 26.8. The minimum atomic E-state index is -0.0570. The first-order chi connectivity index (χ1) is 30.7. The van der Waals surface area contributed by atoms with E-state index >= 15 is 0 Å². The highest BCUT2D eigenvalue weighted by Gasteiger charge is 2.33. The topological polar surface area (TPSA) is 208 Å². The number of amides is 1. The van der Waals surface area contributed by atoms with Gasteiger partial charge in [0, 0.05) is 70.2 Å². The second-order valence-corrected chi connectivity index (χ2v) is 15.1. The van der Waals surface area contributed by atoms with Gasteiger partial charge in [-0.25, -0.2) is 9.36 Å². The van der Waals surface area contributed by atoms with Gasteiger partial charge in [-0.1, -0.05) is 65.1 Å². The lowest BCUT2D eigenvalue weighted by Crippen LogP contribution is -2.48. The number of unbranched alkanes of at least 4 members (excludes halogenated alkanes) is 3. The zero-order valence-electron chi connectivity index (χ0n) is 35.9. The van der Waals surface area contributed by atoms with Gasteiger partial charge in [-0.15, -0.1) is 53.7 Å². The van der Waals surface area contributed by atoms with E-state index in [1.165, 1.54) is 25.8 Å². The zero-order chi connectivity index (χ0) is 45.2. The van der Waals surface area contributed by atoms with Crippen molar-refractivity contribution in [2.24, 2.45) is 10.2 Å². The average molecular weight is 847 g/mol. The van der Waals surface area contributed by atoms with E-state index in [0.717, 1.165) is 94.9 Å². The van der Waals surface area contributed by atoms with Crippen molar-refractivity contribution in [3.8, 4) is 60.7 Å². The number of nitrogens with zero attached hydrogens (tertiary/aromatic N) is 13. The van der Waals surface area contributed by atoms with Crippen LogP contribution in [0.15, 0.2) is 59.0 Å². The molecule has 2 heterocycles. The first-order valence-electron chi connectivity index (χ1n) is 21.3. The summed E-state index contributed by atoms with van der Waals surface area (Å²) in [7, 11) is 0. The Bertz CT molecular complexity index is 2250. The number of carbonyl (C=O) groups excluding carboxylic acids is 2. The van der Waals surface area contributed by atoms with Crippen LogP contribution in [0.1, 0.15) is 135 Å². The van der Waals surface area contributed by atoms with E-state index in [1.54, 1.807) is 39.8 Å². The Kier molecular flexibility index (Phi) is 20.6. The van der Waals surface area contributed by atoms with Crippen LogP contribution < -0.4 is 5.32 Å². The van der Waals surface area contributed by atoms with Gasteiger partial charge in [-0.3, -0.25) is 9.59 Å². The van der Waals surface area contributed by atoms with Crippen molar-refractivity contribution < 1.29 is 9.59 Å². The van der Waals surface area contributed by atoms with Gasteiger partial charge < -0.3 is 10.2 Å². The maximum absolute atomic E-state index is 13.5. The van der Waals surface area contributed by atoms with Gasteiger partial charge >= 0.3 is 0 Å². The van der Waals surface area contributed by atoms with Crippen LogP contribution in [0.2, 0.25) is 0 Å². The van der Waals surface area contributed by atoms with Crippen LogP contribution in [-0.4, -0.2) is 65.2 Å². The minimum absolute atomic E-state index is 0.0434. The molecule has 2 aromatic carbocycles. The minimum Gasteiger partial charge on any atom is -0.333 e. The number of Topliss-reactive ketones (excluding diaryl/α,β-unsaturated/α-hetero) is 1. The molecule has 1 amide bonds. The Hall–Kier alpha value is -7.32. The predicted molar refractivity (Wildman–Crippen MR) is 244 cm³/mol. The lowest BCUT2D eigenvalue weighted by molar-refractivity contribution is 0.0448. The number of azide groups is 2. The molecule has 2 saturated carbocycles. The molecule has 4 aromatic rings. The van der Waals surface area contributed by atoms with Crippen LogP contribution in [0.3, 0.4) is 0 Å². The monoisotopic (exact) mass is 846 g/mol. The maximum atomic E-state index is 13.5. The van der Waals surface area contributed by atoms with Crippen LogP contribution >= 0.6 is 0 Å². The van der Waals surface area contributed by atoms with E-state index in [0.29, 0.717) is 42.0 Å². The summed E-state index contributed by atoms with van der Waals surface area (Å²) < 4.78 is 3.26. The van der Waals surface area contributed by atoms with Crippen molar-refractivity contribution in [2.45, 2.75) is 128 Å². The smallest absolute Gasteiger partial charge is 0.254 e. The standard InChI is InChI=1S/C21H21N7O.C19H25N7O.C7H8/c1-4-6-7-8-18-14-27(25-23-18)20-10-17(16(3)29)11-21(12-20)28-15-19(24-26-28)13-22-9-5-2;20-24-22-15-11-14(12-16(13-15)23-25-21)19(27)26(17-7-3-1-4-8-17)18-9-5-2-6-10-18;1-3-5-7-6-4-2/h1-2,10-12,14-15,22H,6-9,13H2,3H3;11-13,17-18H,1-10H2;1-2H,5-7H2. The van der Waals surface area contributed by atoms with Crippen LogP contribution in [0.25, 0.3) is 32.3 Å². The van der Waals surface area contributed by atoms with E-state index < -0.39 is 0 Å². The fourth-order valence-corrected chi connectivity index (χ4v) is 7.47. The highest BCUT2D eigenvalue weighted by atomic mass is 16.2. The second-order valence-electron chi connectivity index (χ2n) is 15.1. The number of hydrogen-bond acceptors (Lipinski definition) is 9. The number of nitrogens with one attached hydrogen (secondary N) is 1. The Morgan fingerprint density at radius 3 is 1.71 bits per heavy atom. The summed E-state index contributed by atoms with van der Waals surface area (Å²) in [4.78, 5) is 33.2. The first kappa shape index (κ1) is 48.3. The number of aryl methyl sites for hydroxylation is 1. The van der Waals surface area contributed by atoms with Gasteiger partial charge in [0.15, 0.2) is 5.78 Å². The van der Waals surface area contributed by atoms with Crippen molar-refractivity contribution in [3.05, 3.63) is 92.2 Å². The molecule has 0 saturated heterocycles. The molecule has 16 heteroatoms. The van der Waals surface area contributed by atoms with Crippen molar-refractivity contribution in [3.63, 3.8) is 0 Å². The van der Waals surface area contributed by atoms with E-state index in [9.17, 15) is 9.59 Å². The quantitative estimate of drug-likeness (QED) is 0.0288. The van der Waals surface area contributed by atoms with E-state index in [-0.39, 0.29) is 35.1 Å². The third-order valence-corrected chi connectivity index (χ3v) is 10.5. The molecule has 0 atom stereocenters. The molecule has 324 valence electrons. The Labute approximate surface area is 369 Å². The summed E-state index contributed by atoms with van der Waals surface area (Å²) >= 11 is 0. The number of ketones is 1. The Balaban J connectivity index is 0.000000241. The summed E-state index contributed by atoms with van der Waals surface area (Å²) in [5.41, 5.74) is 22.1. The molecule has 6 rings (SSSR count). The first-order valence-corrected chi connectivity index (χ1v) is 21.3. The predicted octanol–water partition coefficient (Wildman–Crippen LogP) is 9.83. The van der Waals surface area contributed by atoms with Gasteiger partial charge in [-0.2, -0.15) is 0 Å². The molecule has 2 aliphatic carbocycles. The number of terminal acetylenes is 4. The summed E-state index contributed by atoms with van der Waals surface area (Å²) in [6.07, 6.45) is 40.2. The highest BCUT2D eigenvalue weighted by molar-refractivity contribution is 5.96. The zero-order valence-corrected chi connectivity index (χ0v) is 35.9. The third-order valence-electron chi connectivity index (χ3n) is 10.5. The molecule has 1 N–H and O–H groups in total. The normalized spacial score (nSPS) is 13.3. The number of aromatic nitrogens is 6. The molecular formula is C47H54N14O2. The summed E-state index contributed by atoms with van der Waals surface area (Å²) in [5, 5.41) is 26.9. The molecule has 2 aromatic heterocycles. The largest absolute Gasteiger partial charge is 0.333 e. The van der Waals surface area contributed by atoms with Gasteiger partial charge in [0.1, 0.15) is 0 Å². The molecule has 0 aliphatic heterocycles. The highest BCUT2D eigenvalue weighted by Crippen LogP contribution is 2.33. The number of rotatable bonds is 16. The summed E-state index contributed by atoms with van der Waals surface area (Å²) in [5.74, 6) is 10.0. The lowest BCUT2D eigenvalue weighted by atomic mass is 9.88. The summed E-state index contributed by atoms with van der Waals surface area (Å²) in [6, 6.07) is 10.6. The van der Waals surface area contributed by atoms with Crippen molar-refractivity contribution in [1.29, 1.82) is 0 Å². The van der Waals surface area contributed by atoms with Crippen molar-refractivity contribution in [1.82, 2.24) is 40.2 Å².